The first kappa shape index (κ1) is 24.0. The fourth-order valence-electron chi connectivity index (χ4n) is 5.27. The van der Waals surface area contributed by atoms with E-state index in [1.54, 1.807) is 42.5 Å². The summed E-state index contributed by atoms with van der Waals surface area (Å²) in [5.74, 6) is -3.50. The van der Waals surface area contributed by atoms with Crippen molar-refractivity contribution >= 4 is 23.1 Å². The lowest BCUT2D eigenvalue weighted by atomic mass is 9.61. The molecule has 0 aliphatic heterocycles. The summed E-state index contributed by atoms with van der Waals surface area (Å²) in [6.07, 6.45) is 1.52. The molecule has 178 valence electrons. The lowest BCUT2D eigenvalue weighted by Gasteiger charge is -2.39. The number of ether oxygens (including phenoxy) is 1. The molecule has 0 aromatic heterocycles. The number of carbonyl (C=O) groups is 4. The number of hydrogen-bond acceptors (Lipinski definition) is 5. The second kappa shape index (κ2) is 9.61. The molecule has 2 aliphatic rings. The number of rotatable bonds is 6. The zero-order chi connectivity index (χ0) is 24.5. The quantitative estimate of drug-likeness (QED) is 0.562. The summed E-state index contributed by atoms with van der Waals surface area (Å²) >= 11 is 0. The maximum atomic E-state index is 13.9. The van der Waals surface area contributed by atoms with Crippen LogP contribution < -0.4 is 4.74 Å². The number of ketones is 4. The molecule has 0 N–H and O–H groups in total. The van der Waals surface area contributed by atoms with Gasteiger partial charge in [0.05, 0.1) is 11.8 Å². The van der Waals surface area contributed by atoms with Crippen molar-refractivity contribution in [3.63, 3.8) is 0 Å². The van der Waals surface area contributed by atoms with Crippen LogP contribution in [0.15, 0.2) is 48.5 Å². The lowest BCUT2D eigenvalue weighted by molar-refractivity contribution is -0.143. The first-order chi connectivity index (χ1) is 16.2. The van der Waals surface area contributed by atoms with Gasteiger partial charge in [0.1, 0.15) is 41.3 Å². The van der Waals surface area contributed by atoms with E-state index in [0.717, 1.165) is 0 Å². The molecule has 0 heterocycles. The summed E-state index contributed by atoms with van der Waals surface area (Å²) in [7, 11) is 0. The van der Waals surface area contributed by atoms with Crippen LogP contribution in [0.2, 0.25) is 0 Å². The van der Waals surface area contributed by atoms with Crippen LogP contribution in [-0.4, -0.2) is 23.1 Å². The Bertz CT molecular complexity index is 1080. The fourth-order valence-corrected chi connectivity index (χ4v) is 5.27. The summed E-state index contributed by atoms with van der Waals surface area (Å²) < 4.78 is 19.6. The van der Waals surface area contributed by atoms with E-state index in [-0.39, 0.29) is 61.2 Å². The van der Waals surface area contributed by atoms with Crippen LogP contribution in [-0.2, 0) is 25.8 Å². The Balaban J connectivity index is 1.63. The van der Waals surface area contributed by atoms with Crippen molar-refractivity contribution < 1.29 is 28.3 Å². The topological polar surface area (TPSA) is 77.5 Å². The van der Waals surface area contributed by atoms with Gasteiger partial charge >= 0.3 is 0 Å². The van der Waals surface area contributed by atoms with Crippen molar-refractivity contribution in [3.05, 3.63) is 65.5 Å². The fraction of sp³-hybridized carbons (Fsp3) is 0.429. The van der Waals surface area contributed by atoms with E-state index in [0.29, 0.717) is 23.3 Å². The molecule has 0 bridgehead atoms. The molecule has 2 saturated carbocycles. The van der Waals surface area contributed by atoms with E-state index in [4.69, 9.17) is 4.74 Å². The average Bonchev–Trinajstić information content (AvgIpc) is 2.76. The zero-order valence-corrected chi connectivity index (χ0v) is 19.5. The highest BCUT2D eigenvalue weighted by atomic mass is 19.1. The summed E-state index contributed by atoms with van der Waals surface area (Å²) in [6.45, 7) is 3.81. The predicted octanol–water partition coefficient (Wildman–Crippen LogP) is 5.00. The smallest absolute Gasteiger partial charge is 0.144 e. The maximum absolute atomic E-state index is 13.9. The van der Waals surface area contributed by atoms with E-state index >= 15 is 0 Å². The largest absolute Gasteiger partial charge is 0.489 e. The number of hydrogen-bond donors (Lipinski definition) is 0. The van der Waals surface area contributed by atoms with Crippen molar-refractivity contribution in [2.45, 2.75) is 58.5 Å². The van der Waals surface area contributed by atoms with E-state index in [1.807, 2.05) is 13.8 Å². The molecule has 4 rings (SSSR count). The van der Waals surface area contributed by atoms with E-state index < -0.39 is 23.2 Å². The maximum Gasteiger partial charge on any atom is 0.144 e. The lowest BCUT2D eigenvalue weighted by Crippen LogP contribution is -2.46. The van der Waals surface area contributed by atoms with Gasteiger partial charge in [-0.2, -0.15) is 0 Å². The standard InChI is InChI=1S/C28H29FO5/c1-28(2)14-23(32)27(24(33)15-28)25(26-21(30)8-5-9-22(26)31)17-10-12-19(13-11-17)34-16-18-6-3-4-7-20(18)29/h3-4,6-7,10-13,25-27H,5,8-9,14-16H2,1-2H3. The summed E-state index contributed by atoms with van der Waals surface area (Å²) in [4.78, 5) is 52.0. The monoisotopic (exact) mass is 464 g/mol. The first-order valence-corrected chi connectivity index (χ1v) is 11.7. The Morgan fingerprint density at radius 2 is 1.41 bits per heavy atom. The minimum atomic E-state index is -1.01. The average molecular weight is 465 g/mol. The third kappa shape index (κ3) is 5.01. The predicted molar refractivity (Wildman–Crippen MR) is 124 cm³/mol. The molecule has 2 aliphatic carbocycles. The van der Waals surface area contributed by atoms with Crippen molar-refractivity contribution in [3.8, 4) is 5.75 Å². The highest BCUT2D eigenvalue weighted by molar-refractivity contribution is 6.10. The summed E-state index contributed by atoms with van der Waals surface area (Å²) in [5.41, 5.74) is 0.585. The third-order valence-corrected chi connectivity index (χ3v) is 6.87. The van der Waals surface area contributed by atoms with Gasteiger partial charge in [0.15, 0.2) is 0 Å². The molecule has 1 unspecified atom stereocenters. The van der Waals surface area contributed by atoms with Crippen LogP contribution in [0.25, 0.3) is 0 Å². The van der Waals surface area contributed by atoms with Crippen molar-refractivity contribution in [2.24, 2.45) is 17.3 Å². The van der Waals surface area contributed by atoms with E-state index in [1.165, 1.54) is 6.07 Å². The van der Waals surface area contributed by atoms with Gasteiger partial charge in [-0.05, 0) is 35.6 Å². The Kier molecular flexibility index (Phi) is 6.78. The molecule has 34 heavy (non-hydrogen) atoms. The minimum Gasteiger partial charge on any atom is -0.489 e. The van der Waals surface area contributed by atoms with Gasteiger partial charge < -0.3 is 4.74 Å². The third-order valence-electron chi connectivity index (χ3n) is 6.87. The number of carbonyl (C=O) groups excluding carboxylic acids is 4. The summed E-state index contributed by atoms with van der Waals surface area (Å²) in [6, 6.07) is 13.1. The molecule has 0 radical (unpaired) electrons. The van der Waals surface area contributed by atoms with Crippen LogP contribution in [0, 0.1) is 23.1 Å². The molecule has 5 nitrogen and oxygen atoms in total. The van der Waals surface area contributed by atoms with E-state index in [2.05, 4.69) is 0 Å². The molecule has 1 atom stereocenters. The molecule has 0 spiro atoms. The number of halogens is 1. The Hall–Kier alpha value is -3.15. The number of benzene rings is 2. The normalized spacial score (nSPS) is 20.4. The molecule has 6 heteroatoms. The van der Waals surface area contributed by atoms with Gasteiger partial charge in [-0.1, -0.05) is 44.2 Å². The molecule has 2 fully saturated rings. The highest BCUT2D eigenvalue weighted by Crippen LogP contribution is 2.45. The molecule has 0 amide bonds. The second-order valence-corrected chi connectivity index (χ2v) is 10.2. The van der Waals surface area contributed by atoms with Crippen LogP contribution in [0.5, 0.6) is 5.75 Å². The van der Waals surface area contributed by atoms with Gasteiger partial charge in [-0.15, -0.1) is 0 Å². The molecule has 2 aromatic rings. The van der Waals surface area contributed by atoms with Crippen LogP contribution in [0.1, 0.15) is 63.0 Å². The molecular formula is C28H29FO5. The SMILES string of the molecule is CC1(C)CC(=O)C(C(c2ccc(OCc3ccccc3F)cc2)C2C(=O)CCCC2=O)C(=O)C1. The van der Waals surface area contributed by atoms with Gasteiger partial charge in [0, 0.05) is 37.2 Å². The molecular weight excluding hydrogens is 435 g/mol. The Labute approximate surface area is 198 Å². The van der Waals surface area contributed by atoms with Crippen LogP contribution in [0.4, 0.5) is 4.39 Å². The van der Waals surface area contributed by atoms with Gasteiger partial charge in [0.25, 0.3) is 0 Å². The zero-order valence-electron chi connectivity index (χ0n) is 19.5. The van der Waals surface area contributed by atoms with Gasteiger partial charge in [-0.3, -0.25) is 19.2 Å². The van der Waals surface area contributed by atoms with Crippen molar-refractivity contribution in [1.29, 1.82) is 0 Å². The number of Topliss-reactive ketones (excluding diaryl/α,β-unsaturated/α-hetero) is 4. The second-order valence-electron chi connectivity index (χ2n) is 10.2. The Morgan fingerprint density at radius 3 is 2.00 bits per heavy atom. The van der Waals surface area contributed by atoms with Gasteiger partial charge in [0.2, 0.25) is 0 Å². The van der Waals surface area contributed by atoms with E-state index in [9.17, 15) is 23.6 Å². The van der Waals surface area contributed by atoms with Crippen LogP contribution in [0.3, 0.4) is 0 Å². The highest BCUT2D eigenvalue weighted by Gasteiger charge is 2.50. The van der Waals surface area contributed by atoms with Gasteiger partial charge in [-0.25, -0.2) is 4.39 Å². The molecule has 2 aromatic carbocycles. The Morgan fingerprint density at radius 1 is 0.853 bits per heavy atom. The van der Waals surface area contributed by atoms with Crippen molar-refractivity contribution in [1.82, 2.24) is 0 Å². The summed E-state index contributed by atoms with van der Waals surface area (Å²) in [5, 5.41) is 0. The van der Waals surface area contributed by atoms with Crippen molar-refractivity contribution in [2.75, 3.05) is 0 Å². The first-order valence-electron chi connectivity index (χ1n) is 11.7. The molecule has 0 saturated heterocycles. The minimum absolute atomic E-state index is 0.0454. The van der Waals surface area contributed by atoms with Crippen LogP contribution >= 0.6 is 0 Å².